The van der Waals surface area contributed by atoms with Gasteiger partial charge in [-0.3, -0.25) is 0 Å². The summed E-state index contributed by atoms with van der Waals surface area (Å²) >= 11 is 0. The number of hydrogen-bond donors (Lipinski definition) is 1. The predicted octanol–water partition coefficient (Wildman–Crippen LogP) is 2.82. The van der Waals surface area contributed by atoms with E-state index in [1.54, 1.807) is 7.11 Å². The Morgan fingerprint density at radius 1 is 1.19 bits per heavy atom. The molecule has 2 heteroatoms. The normalized spacial score (nSPS) is 12.8. The van der Waals surface area contributed by atoms with Crippen LogP contribution in [0.2, 0.25) is 0 Å². The minimum absolute atomic E-state index is 0.501. The fourth-order valence-corrected chi connectivity index (χ4v) is 1.86. The highest BCUT2D eigenvalue weighted by atomic mass is 16.5. The molecule has 1 aromatic rings. The Morgan fingerprint density at radius 2 is 1.81 bits per heavy atom. The molecule has 0 heterocycles. The first-order valence-corrected chi connectivity index (χ1v) is 5.91. The molecule has 1 unspecified atom stereocenters. The molecule has 16 heavy (non-hydrogen) atoms. The zero-order chi connectivity index (χ0) is 12.0. The maximum atomic E-state index is 5.06. The quantitative estimate of drug-likeness (QED) is 0.797. The molecule has 0 bridgehead atoms. The molecule has 90 valence electrons. The highest BCUT2D eigenvalue weighted by Gasteiger charge is 2.01. The van der Waals surface area contributed by atoms with Crippen molar-refractivity contribution in [1.29, 1.82) is 0 Å². The van der Waals surface area contributed by atoms with Crippen molar-refractivity contribution in [3.8, 4) is 0 Å². The molecule has 0 aliphatic rings. The van der Waals surface area contributed by atoms with E-state index in [0.717, 1.165) is 19.6 Å². The van der Waals surface area contributed by atoms with Crippen LogP contribution >= 0.6 is 0 Å². The van der Waals surface area contributed by atoms with E-state index in [4.69, 9.17) is 4.74 Å². The number of hydrogen-bond acceptors (Lipinski definition) is 2. The average molecular weight is 221 g/mol. The molecule has 2 nitrogen and oxygen atoms in total. The predicted molar refractivity (Wildman–Crippen MR) is 68.7 cm³/mol. The molecule has 1 rings (SSSR count). The van der Waals surface area contributed by atoms with E-state index < -0.39 is 0 Å². The van der Waals surface area contributed by atoms with Gasteiger partial charge in [0.2, 0.25) is 0 Å². The summed E-state index contributed by atoms with van der Waals surface area (Å²) in [5.41, 5.74) is 4.03. The van der Waals surface area contributed by atoms with E-state index in [1.807, 2.05) is 0 Å². The Bertz CT molecular complexity index is 302. The summed E-state index contributed by atoms with van der Waals surface area (Å²) in [5, 5.41) is 3.51. The van der Waals surface area contributed by atoms with Crippen LogP contribution in [-0.4, -0.2) is 19.8 Å². The van der Waals surface area contributed by atoms with Crippen molar-refractivity contribution in [2.24, 2.45) is 0 Å². The second-order valence-electron chi connectivity index (χ2n) is 4.56. The lowest BCUT2D eigenvalue weighted by Gasteiger charge is -2.14. The first kappa shape index (κ1) is 13.2. The van der Waals surface area contributed by atoms with Crippen molar-refractivity contribution in [2.45, 2.75) is 39.8 Å². The molecule has 0 saturated heterocycles. The van der Waals surface area contributed by atoms with E-state index in [-0.39, 0.29) is 0 Å². The molecule has 0 spiro atoms. The molecule has 0 aromatic heterocycles. The summed E-state index contributed by atoms with van der Waals surface area (Å²) in [5.74, 6) is 0. The molecule has 0 aliphatic heterocycles. The minimum Gasteiger partial charge on any atom is -0.385 e. The first-order chi connectivity index (χ1) is 7.61. The zero-order valence-corrected chi connectivity index (χ0v) is 10.8. The van der Waals surface area contributed by atoms with Crippen molar-refractivity contribution in [1.82, 2.24) is 5.32 Å². The molecule has 1 atom stereocenters. The maximum absolute atomic E-state index is 5.06. The summed E-state index contributed by atoms with van der Waals surface area (Å²) in [6.07, 6.45) is 1.06. The van der Waals surface area contributed by atoms with Gasteiger partial charge in [-0.2, -0.15) is 0 Å². The molecule has 1 N–H and O–H groups in total. The largest absolute Gasteiger partial charge is 0.385 e. The SMILES string of the molecule is COCCC(C)NCc1cc(C)cc(C)c1. The van der Waals surface area contributed by atoms with E-state index in [9.17, 15) is 0 Å². The highest BCUT2D eigenvalue weighted by Crippen LogP contribution is 2.09. The Balaban J connectivity index is 2.41. The lowest BCUT2D eigenvalue weighted by atomic mass is 10.1. The summed E-state index contributed by atoms with van der Waals surface area (Å²) < 4.78 is 5.06. The van der Waals surface area contributed by atoms with Crippen molar-refractivity contribution < 1.29 is 4.74 Å². The van der Waals surface area contributed by atoms with E-state index >= 15 is 0 Å². The third-order valence-electron chi connectivity index (χ3n) is 2.69. The third-order valence-corrected chi connectivity index (χ3v) is 2.69. The van der Waals surface area contributed by atoms with Crippen LogP contribution in [0.15, 0.2) is 18.2 Å². The van der Waals surface area contributed by atoms with Gasteiger partial charge < -0.3 is 10.1 Å². The highest BCUT2D eigenvalue weighted by molar-refractivity contribution is 5.28. The topological polar surface area (TPSA) is 21.3 Å². The van der Waals surface area contributed by atoms with Gasteiger partial charge in [-0.25, -0.2) is 0 Å². The fraction of sp³-hybridized carbons (Fsp3) is 0.571. The van der Waals surface area contributed by atoms with E-state index in [2.05, 4.69) is 44.3 Å². The zero-order valence-electron chi connectivity index (χ0n) is 10.8. The van der Waals surface area contributed by atoms with Crippen LogP contribution < -0.4 is 5.32 Å². The summed E-state index contributed by atoms with van der Waals surface area (Å²) in [7, 11) is 1.75. The number of ether oxygens (including phenoxy) is 1. The standard InChI is InChI=1S/C14H23NO/c1-11-7-12(2)9-14(8-11)10-15-13(3)5-6-16-4/h7-9,13,15H,5-6,10H2,1-4H3. The molecule has 0 fully saturated rings. The van der Waals surface area contributed by atoms with Gasteiger partial charge >= 0.3 is 0 Å². The van der Waals surface area contributed by atoms with Gasteiger partial charge in [0, 0.05) is 26.3 Å². The van der Waals surface area contributed by atoms with Crippen molar-refractivity contribution in [3.63, 3.8) is 0 Å². The summed E-state index contributed by atoms with van der Waals surface area (Å²) in [6, 6.07) is 7.19. The van der Waals surface area contributed by atoms with Gasteiger partial charge in [0.25, 0.3) is 0 Å². The Hall–Kier alpha value is -0.860. The van der Waals surface area contributed by atoms with Crippen LogP contribution in [0.4, 0.5) is 0 Å². The summed E-state index contributed by atoms with van der Waals surface area (Å²) in [4.78, 5) is 0. The number of methoxy groups -OCH3 is 1. The van der Waals surface area contributed by atoms with Crippen LogP contribution in [0.5, 0.6) is 0 Å². The third kappa shape index (κ3) is 4.77. The van der Waals surface area contributed by atoms with Gasteiger partial charge in [-0.1, -0.05) is 29.3 Å². The van der Waals surface area contributed by atoms with Crippen LogP contribution in [0.25, 0.3) is 0 Å². The van der Waals surface area contributed by atoms with Crippen LogP contribution in [0.3, 0.4) is 0 Å². The molecule has 0 radical (unpaired) electrons. The van der Waals surface area contributed by atoms with Gasteiger partial charge in [-0.05, 0) is 32.8 Å². The van der Waals surface area contributed by atoms with Gasteiger partial charge in [0.15, 0.2) is 0 Å². The second kappa shape index (κ2) is 6.66. The smallest absolute Gasteiger partial charge is 0.0476 e. The number of nitrogens with one attached hydrogen (secondary N) is 1. The second-order valence-corrected chi connectivity index (χ2v) is 4.56. The van der Waals surface area contributed by atoms with Gasteiger partial charge in [0.05, 0.1) is 0 Å². The average Bonchev–Trinajstić information content (AvgIpc) is 2.22. The van der Waals surface area contributed by atoms with Crippen LogP contribution in [-0.2, 0) is 11.3 Å². The summed E-state index contributed by atoms with van der Waals surface area (Å²) in [6.45, 7) is 8.24. The lowest BCUT2D eigenvalue weighted by Crippen LogP contribution is -2.26. The monoisotopic (exact) mass is 221 g/mol. The number of rotatable bonds is 6. The van der Waals surface area contributed by atoms with Gasteiger partial charge in [-0.15, -0.1) is 0 Å². The van der Waals surface area contributed by atoms with Crippen molar-refractivity contribution in [2.75, 3.05) is 13.7 Å². The Morgan fingerprint density at radius 3 is 2.38 bits per heavy atom. The maximum Gasteiger partial charge on any atom is 0.0476 e. The fourth-order valence-electron chi connectivity index (χ4n) is 1.86. The Labute approximate surface area is 99.0 Å². The van der Waals surface area contributed by atoms with Gasteiger partial charge in [0.1, 0.15) is 0 Å². The molecule has 0 aliphatic carbocycles. The van der Waals surface area contributed by atoms with Crippen molar-refractivity contribution >= 4 is 0 Å². The van der Waals surface area contributed by atoms with E-state index in [0.29, 0.717) is 6.04 Å². The first-order valence-electron chi connectivity index (χ1n) is 5.91. The van der Waals surface area contributed by atoms with Crippen LogP contribution in [0, 0.1) is 13.8 Å². The molecular weight excluding hydrogens is 198 g/mol. The molecule has 1 aromatic carbocycles. The van der Waals surface area contributed by atoms with Crippen molar-refractivity contribution in [3.05, 3.63) is 34.9 Å². The van der Waals surface area contributed by atoms with E-state index in [1.165, 1.54) is 16.7 Å². The molecular formula is C14H23NO. The number of benzene rings is 1. The molecule has 0 amide bonds. The van der Waals surface area contributed by atoms with Crippen LogP contribution in [0.1, 0.15) is 30.0 Å². The Kier molecular flexibility index (Phi) is 5.50. The number of aryl methyl sites for hydroxylation is 2. The molecule has 0 saturated carbocycles. The lowest BCUT2D eigenvalue weighted by molar-refractivity contribution is 0.184. The minimum atomic E-state index is 0.501.